The molecule has 1 atom stereocenters. The van der Waals surface area contributed by atoms with Gasteiger partial charge in [0.05, 0.1) is 5.52 Å². The molecule has 2 aromatic carbocycles. The first-order valence-corrected chi connectivity index (χ1v) is 8.92. The molecule has 6 rings (SSSR count). The third-order valence-electron chi connectivity index (χ3n) is 5.60. The molecule has 0 saturated carbocycles. The van der Waals surface area contributed by atoms with E-state index in [2.05, 4.69) is 70.3 Å². The van der Waals surface area contributed by atoms with Gasteiger partial charge in [0.2, 0.25) is 0 Å². The molecule has 3 aliphatic heterocycles. The summed E-state index contributed by atoms with van der Waals surface area (Å²) in [7, 11) is 0. The molecule has 0 aliphatic carbocycles. The average Bonchev–Trinajstić information content (AvgIpc) is 3.08. The topological polar surface area (TPSA) is 17.4 Å². The van der Waals surface area contributed by atoms with Crippen LogP contribution in [-0.2, 0) is 0 Å². The van der Waals surface area contributed by atoms with Gasteiger partial charge in [-0.25, -0.2) is 0 Å². The monoisotopic (exact) mass is 318 g/mol. The second-order valence-corrected chi connectivity index (χ2v) is 7.03. The van der Waals surface area contributed by atoms with Crippen LogP contribution in [0.2, 0.25) is 0 Å². The fourth-order valence-corrected chi connectivity index (χ4v) is 4.21. The summed E-state index contributed by atoms with van der Waals surface area (Å²) < 4.78 is 8.53. The molecule has 3 heteroatoms. The van der Waals surface area contributed by atoms with Crippen LogP contribution in [0, 0.1) is 5.92 Å². The Kier molecular flexibility index (Phi) is 3.34. The Morgan fingerprint density at radius 2 is 1.67 bits per heavy atom. The normalized spacial score (nSPS) is 25.9. The van der Waals surface area contributed by atoms with Crippen LogP contribution in [0.4, 0.5) is 0 Å². The first-order valence-electron chi connectivity index (χ1n) is 8.92. The van der Waals surface area contributed by atoms with Crippen molar-refractivity contribution in [2.75, 3.05) is 19.6 Å². The number of piperidine rings is 3. The van der Waals surface area contributed by atoms with Crippen LogP contribution in [0.3, 0.4) is 0 Å². The smallest absolute Gasteiger partial charge is 0.119 e. The lowest BCUT2D eigenvalue weighted by Gasteiger charge is -2.44. The van der Waals surface area contributed by atoms with E-state index in [-0.39, 0.29) is 0 Å². The Labute approximate surface area is 142 Å². The number of benzene rings is 2. The summed E-state index contributed by atoms with van der Waals surface area (Å²) in [4.78, 5) is 2.53. The van der Waals surface area contributed by atoms with Gasteiger partial charge in [0, 0.05) is 18.4 Å². The zero-order chi connectivity index (χ0) is 15.9. The number of aromatic nitrogens is 1. The molecular formula is C21H22N2O. The zero-order valence-electron chi connectivity index (χ0n) is 13.8. The van der Waals surface area contributed by atoms with Gasteiger partial charge < -0.3 is 9.30 Å². The van der Waals surface area contributed by atoms with Gasteiger partial charge in [-0.2, -0.15) is 0 Å². The van der Waals surface area contributed by atoms with Gasteiger partial charge in [-0.3, -0.25) is 4.90 Å². The summed E-state index contributed by atoms with van der Waals surface area (Å²) in [6.07, 6.45) is 5.08. The third-order valence-corrected chi connectivity index (χ3v) is 5.60. The van der Waals surface area contributed by atoms with Crippen LogP contribution in [0.5, 0.6) is 5.75 Å². The highest BCUT2D eigenvalue weighted by Crippen LogP contribution is 2.31. The first-order chi connectivity index (χ1) is 11.9. The number of hydrogen-bond donors (Lipinski definition) is 0. The van der Waals surface area contributed by atoms with Crippen molar-refractivity contribution in [1.29, 1.82) is 0 Å². The molecule has 3 fully saturated rings. The third kappa shape index (κ3) is 2.40. The summed E-state index contributed by atoms with van der Waals surface area (Å²) in [5.41, 5.74) is 2.42. The minimum atomic E-state index is 0.366. The molecule has 3 aromatic rings. The van der Waals surface area contributed by atoms with Crippen molar-refractivity contribution in [2.45, 2.75) is 18.9 Å². The van der Waals surface area contributed by atoms with E-state index in [0.717, 1.165) is 18.2 Å². The van der Waals surface area contributed by atoms with E-state index in [1.54, 1.807) is 0 Å². The number of nitrogens with zero attached hydrogens (tertiary/aromatic N) is 2. The molecule has 24 heavy (non-hydrogen) atoms. The Hall–Kier alpha value is -2.26. The van der Waals surface area contributed by atoms with Gasteiger partial charge >= 0.3 is 0 Å². The minimum absolute atomic E-state index is 0.366. The molecule has 122 valence electrons. The van der Waals surface area contributed by atoms with Crippen molar-refractivity contribution in [3.05, 3.63) is 60.8 Å². The van der Waals surface area contributed by atoms with Gasteiger partial charge in [-0.05, 0) is 73.6 Å². The molecular weight excluding hydrogens is 296 g/mol. The van der Waals surface area contributed by atoms with Gasteiger partial charge in [0.1, 0.15) is 11.9 Å². The van der Waals surface area contributed by atoms with Crippen LogP contribution in [0.1, 0.15) is 12.8 Å². The lowest BCUT2D eigenvalue weighted by Crippen LogP contribution is -2.52. The lowest BCUT2D eigenvalue weighted by atomic mass is 9.86. The van der Waals surface area contributed by atoms with Gasteiger partial charge in [-0.1, -0.05) is 18.2 Å². The van der Waals surface area contributed by atoms with Crippen molar-refractivity contribution in [2.24, 2.45) is 5.92 Å². The summed E-state index contributed by atoms with van der Waals surface area (Å²) in [6.45, 7) is 3.60. The minimum Gasteiger partial charge on any atom is -0.489 e. The summed E-state index contributed by atoms with van der Waals surface area (Å²) in [5.74, 6) is 1.73. The molecule has 1 aromatic heterocycles. The van der Waals surface area contributed by atoms with Gasteiger partial charge in [-0.15, -0.1) is 0 Å². The fourth-order valence-electron chi connectivity index (χ4n) is 4.21. The SMILES string of the molecule is c1ccc2c(c1)ccn2-c1ccc(O[C@H]2CN3CCC2CC3)cc1. The fraction of sp³-hybridized carbons (Fsp3) is 0.333. The Morgan fingerprint density at radius 1 is 0.875 bits per heavy atom. The molecule has 0 radical (unpaired) electrons. The maximum Gasteiger partial charge on any atom is 0.119 e. The standard InChI is InChI=1S/C21H22N2O/c1-2-4-20-16(3-1)11-14-23(20)18-5-7-19(8-6-18)24-21-15-22-12-9-17(21)10-13-22/h1-8,11,14,17,21H,9-10,12-13,15H2/t21-/m0/s1. The Morgan fingerprint density at radius 3 is 2.42 bits per heavy atom. The van der Waals surface area contributed by atoms with E-state index < -0.39 is 0 Å². The van der Waals surface area contributed by atoms with Crippen LogP contribution in [0.25, 0.3) is 16.6 Å². The molecule has 3 saturated heterocycles. The van der Waals surface area contributed by atoms with E-state index in [0.29, 0.717) is 6.10 Å². The van der Waals surface area contributed by atoms with Gasteiger partial charge in [0.25, 0.3) is 0 Å². The Balaban J connectivity index is 1.37. The molecule has 3 aliphatic rings. The number of rotatable bonds is 3. The molecule has 0 spiro atoms. The maximum absolute atomic E-state index is 6.30. The van der Waals surface area contributed by atoms with Gasteiger partial charge in [0.15, 0.2) is 0 Å². The van der Waals surface area contributed by atoms with E-state index in [1.165, 1.54) is 42.5 Å². The quantitative estimate of drug-likeness (QED) is 0.723. The van der Waals surface area contributed by atoms with Crippen molar-refractivity contribution in [3.8, 4) is 11.4 Å². The van der Waals surface area contributed by atoms with E-state index in [1.807, 2.05) is 0 Å². The highest BCUT2D eigenvalue weighted by atomic mass is 16.5. The summed E-state index contributed by atoms with van der Waals surface area (Å²) >= 11 is 0. The number of fused-ring (bicyclic) bond motifs is 4. The van der Waals surface area contributed by atoms with E-state index in [9.17, 15) is 0 Å². The maximum atomic E-state index is 6.30. The van der Waals surface area contributed by atoms with Crippen molar-refractivity contribution in [3.63, 3.8) is 0 Å². The predicted octanol–water partition coefficient (Wildman–Crippen LogP) is 4.10. The molecule has 0 amide bonds. The van der Waals surface area contributed by atoms with Crippen LogP contribution in [-0.4, -0.2) is 35.2 Å². The molecule has 2 bridgehead atoms. The largest absolute Gasteiger partial charge is 0.489 e. The van der Waals surface area contributed by atoms with Crippen molar-refractivity contribution >= 4 is 10.9 Å². The molecule has 3 nitrogen and oxygen atoms in total. The zero-order valence-corrected chi connectivity index (χ0v) is 13.8. The first kappa shape index (κ1) is 14.1. The number of hydrogen-bond acceptors (Lipinski definition) is 2. The predicted molar refractivity (Wildman–Crippen MR) is 96.9 cm³/mol. The highest BCUT2D eigenvalue weighted by molar-refractivity contribution is 5.81. The average molecular weight is 318 g/mol. The van der Waals surface area contributed by atoms with Crippen LogP contribution in [0.15, 0.2) is 60.8 Å². The highest BCUT2D eigenvalue weighted by Gasteiger charge is 2.35. The van der Waals surface area contributed by atoms with Crippen LogP contribution < -0.4 is 4.74 Å². The van der Waals surface area contributed by atoms with Crippen LogP contribution >= 0.6 is 0 Å². The van der Waals surface area contributed by atoms with Crippen molar-refractivity contribution in [1.82, 2.24) is 9.47 Å². The Bertz CT molecular complexity index is 844. The van der Waals surface area contributed by atoms with E-state index in [4.69, 9.17) is 4.74 Å². The number of ether oxygens (including phenoxy) is 1. The second kappa shape index (κ2) is 5.67. The lowest BCUT2D eigenvalue weighted by molar-refractivity contribution is -0.00775. The summed E-state index contributed by atoms with van der Waals surface area (Å²) in [5, 5.41) is 1.27. The van der Waals surface area contributed by atoms with E-state index >= 15 is 0 Å². The molecule has 0 N–H and O–H groups in total. The second-order valence-electron chi connectivity index (χ2n) is 7.03. The van der Waals surface area contributed by atoms with Crippen molar-refractivity contribution < 1.29 is 4.74 Å². The summed E-state index contributed by atoms with van der Waals surface area (Å²) in [6, 6.07) is 19.2. The molecule has 4 heterocycles. The molecule has 0 unspecified atom stereocenters. The number of para-hydroxylation sites is 1.